The number of aliphatic hydroxyl groups excluding tert-OH is 1. The molecule has 3 N–H and O–H groups in total. The quantitative estimate of drug-likeness (QED) is 0.740. The van der Waals surface area contributed by atoms with Crippen molar-refractivity contribution in [2.45, 2.75) is 13.0 Å². The summed E-state index contributed by atoms with van der Waals surface area (Å²) in [5.74, 6) is 0.143. The lowest BCUT2D eigenvalue weighted by molar-refractivity contribution is 0.146. The Kier molecular flexibility index (Phi) is 5.75. The van der Waals surface area contributed by atoms with E-state index in [9.17, 15) is 10.2 Å². The maximum absolute atomic E-state index is 10.3. The Balaban J connectivity index is 2.00. The third kappa shape index (κ3) is 4.44. The van der Waals surface area contributed by atoms with Crippen molar-refractivity contribution in [1.29, 1.82) is 0 Å². The third-order valence-corrected chi connectivity index (χ3v) is 3.70. The van der Waals surface area contributed by atoms with Crippen molar-refractivity contribution in [3.8, 4) is 5.75 Å². The molecule has 0 spiro atoms. The van der Waals surface area contributed by atoms with Crippen LogP contribution < -0.4 is 5.32 Å². The van der Waals surface area contributed by atoms with Crippen LogP contribution in [0.3, 0.4) is 0 Å². The number of thiocarbonyl (C=S) groups is 1. The molecule has 0 aliphatic rings. The Morgan fingerprint density at radius 3 is 2.55 bits per heavy atom. The fraction of sp³-hybridized carbons (Fsp3) is 0.235. The summed E-state index contributed by atoms with van der Waals surface area (Å²) in [5, 5.41) is 23.5. The van der Waals surface area contributed by atoms with Gasteiger partial charge in [-0.3, -0.25) is 0 Å². The fourth-order valence-corrected chi connectivity index (χ4v) is 2.45. The lowest BCUT2D eigenvalue weighted by atomic mass is 10.1. The van der Waals surface area contributed by atoms with Crippen LogP contribution in [0.5, 0.6) is 5.75 Å². The molecule has 0 unspecified atom stereocenters. The highest BCUT2D eigenvalue weighted by Gasteiger charge is 2.15. The normalized spacial score (nSPS) is 11.7. The first-order valence-corrected chi connectivity index (χ1v) is 7.59. The molecular formula is C17H20N2O2S. The van der Waals surface area contributed by atoms with Gasteiger partial charge in [-0.25, -0.2) is 0 Å². The van der Waals surface area contributed by atoms with E-state index in [0.29, 0.717) is 23.8 Å². The third-order valence-electron chi connectivity index (χ3n) is 3.34. The van der Waals surface area contributed by atoms with Crippen LogP contribution in [0.4, 0.5) is 5.69 Å². The summed E-state index contributed by atoms with van der Waals surface area (Å²) in [5.41, 5.74) is 1.58. The molecule has 1 atom stereocenters. The zero-order valence-electron chi connectivity index (χ0n) is 12.4. The number of rotatable bonds is 5. The number of hydrogen-bond donors (Lipinski definition) is 3. The van der Waals surface area contributed by atoms with Gasteiger partial charge in [0.05, 0.1) is 12.6 Å². The summed E-state index contributed by atoms with van der Waals surface area (Å²) in [6.07, 6.45) is -0.720. The number of benzene rings is 2. The first-order chi connectivity index (χ1) is 10.6. The van der Waals surface area contributed by atoms with Crippen LogP contribution in [-0.2, 0) is 0 Å². The van der Waals surface area contributed by atoms with E-state index < -0.39 is 6.10 Å². The predicted molar refractivity (Wildman–Crippen MR) is 93.0 cm³/mol. The number of anilines is 1. The van der Waals surface area contributed by atoms with E-state index in [4.69, 9.17) is 12.2 Å². The molecule has 0 bridgehead atoms. The largest absolute Gasteiger partial charge is 0.508 e. The number of nitrogens with one attached hydrogen (secondary N) is 1. The van der Waals surface area contributed by atoms with Crippen LogP contribution in [0.1, 0.15) is 18.6 Å². The minimum atomic E-state index is -0.720. The Bertz CT molecular complexity index is 619. The molecule has 0 amide bonds. The van der Waals surface area contributed by atoms with Crippen LogP contribution in [0, 0.1) is 0 Å². The molecule has 5 heteroatoms. The first-order valence-electron chi connectivity index (χ1n) is 7.18. The summed E-state index contributed by atoms with van der Waals surface area (Å²) < 4.78 is 0. The second-order valence-corrected chi connectivity index (χ2v) is 5.33. The number of hydrogen-bond acceptors (Lipinski definition) is 3. The van der Waals surface area contributed by atoms with Gasteiger partial charge in [-0.2, -0.15) is 0 Å². The van der Waals surface area contributed by atoms with E-state index in [-0.39, 0.29) is 5.75 Å². The molecule has 4 nitrogen and oxygen atoms in total. The summed E-state index contributed by atoms with van der Waals surface area (Å²) in [6, 6.07) is 16.3. The molecule has 0 saturated heterocycles. The van der Waals surface area contributed by atoms with Gasteiger partial charge in [-0.1, -0.05) is 30.3 Å². The Morgan fingerprint density at radius 1 is 1.18 bits per heavy atom. The van der Waals surface area contributed by atoms with Crippen LogP contribution in [0.15, 0.2) is 54.6 Å². The lowest BCUT2D eigenvalue weighted by Gasteiger charge is -2.27. The molecule has 0 aliphatic heterocycles. The number of para-hydroxylation sites is 1. The van der Waals surface area contributed by atoms with Crippen LogP contribution in [0.2, 0.25) is 0 Å². The average Bonchev–Trinajstić information content (AvgIpc) is 2.53. The van der Waals surface area contributed by atoms with Gasteiger partial charge in [0.1, 0.15) is 5.75 Å². The molecule has 116 valence electrons. The maximum Gasteiger partial charge on any atom is 0.173 e. The molecule has 22 heavy (non-hydrogen) atoms. The van der Waals surface area contributed by atoms with Crippen molar-refractivity contribution in [3.05, 3.63) is 60.2 Å². The van der Waals surface area contributed by atoms with Crippen LogP contribution >= 0.6 is 12.2 Å². The SMILES string of the molecule is CCN(C[C@H](O)c1cccc(O)c1)C(=S)Nc1ccccc1. The Morgan fingerprint density at radius 2 is 1.91 bits per heavy atom. The number of aromatic hydroxyl groups is 1. The molecule has 2 aromatic carbocycles. The second-order valence-electron chi connectivity index (χ2n) is 4.95. The van der Waals surface area contributed by atoms with Crippen molar-refractivity contribution in [2.75, 3.05) is 18.4 Å². The lowest BCUT2D eigenvalue weighted by Crippen LogP contribution is -2.37. The number of likely N-dealkylation sites (N-methyl/N-ethyl adjacent to an activating group) is 1. The summed E-state index contributed by atoms with van der Waals surface area (Å²) >= 11 is 5.41. The number of nitrogens with zero attached hydrogens (tertiary/aromatic N) is 1. The van der Waals surface area contributed by atoms with Gasteiger partial charge in [-0.15, -0.1) is 0 Å². The molecule has 0 fully saturated rings. The zero-order valence-corrected chi connectivity index (χ0v) is 13.3. The monoisotopic (exact) mass is 316 g/mol. The predicted octanol–water partition coefficient (Wildman–Crippen LogP) is 3.14. The number of phenolic OH excluding ortho intramolecular Hbond substituents is 1. The standard InChI is InChI=1S/C17H20N2O2S/c1-2-19(17(22)18-14-8-4-3-5-9-14)12-16(21)13-7-6-10-15(20)11-13/h3-11,16,20-21H,2,12H2,1H3,(H,18,22)/t16-/m0/s1. The highest BCUT2D eigenvalue weighted by molar-refractivity contribution is 7.80. The minimum Gasteiger partial charge on any atom is -0.508 e. The van der Waals surface area contributed by atoms with Crippen molar-refractivity contribution < 1.29 is 10.2 Å². The van der Waals surface area contributed by atoms with E-state index in [1.54, 1.807) is 24.3 Å². The van der Waals surface area contributed by atoms with Gasteiger partial charge >= 0.3 is 0 Å². The highest BCUT2D eigenvalue weighted by atomic mass is 32.1. The van der Waals surface area contributed by atoms with Gasteiger partial charge in [-0.05, 0) is 49.0 Å². The molecule has 0 radical (unpaired) electrons. The maximum atomic E-state index is 10.3. The first kappa shape index (κ1) is 16.3. The van der Waals surface area contributed by atoms with Crippen molar-refractivity contribution in [1.82, 2.24) is 4.90 Å². The minimum absolute atomic E-state index is 0.143. The van der Waals surface area contributed by atoms with Crippen molar-refractivity contribution in [2.24, 2.45) is 0 Å². The van der Waals surface area contributed by atoms with E-state index >= 15 is 0 Å². The van der Waals surface area contributed by atoms with Gasteiger partial charge in [0.15, 0.2) is 5.11 Å². The number of aliphatic hydroxyl groups is 1. The summed E-state index contributed by atoms with van der Waals surface area (Å²) in [6.45, 7) is 3.02. The Hall–Kier alpha value is -2.11. The summed E-state index contributed by atoms with van der Waals surface area (Å²) in [7, 11) is 0. The fourth-order valence-electron chi connectivity index (χ4n) is 2.13. The van der Waals surface area contributed by atoms with Gasteiger partial charge < -0.3 is 20.4 Å². The van der Waals surface area contributed by atoms with E-state index in [1.165, 1.54) is 0 Å². The second kappa shape index (κ2) is 7.77. The zero-order chi connectivity index (χ0) is 15.9. The van der Waals surface area contributed by atoms with Crippen molar-refractivity contribution in [3.63, 3.8) is 0 Å². The molecule has 0 aliphatic carbocycles. The highest BCUT2D eigenvalue weighted by Crippen LogP contribution is 2.19. The molecule has 2 aromatic rings. The molecular weight excluding hydrogens is 296 g/mol. The number of phenols is 1. The van der Waals surface area contributed by atoms with Gasteiger partial charge in [0.2, 0.25) is 0 Å². The van der Waals surface area contributed by atoms with E-state index in [0.717, 1.165) is 5.69 Å². The summed E-state index contributed by atoms with van der Waals surface area (Å²) in [4.78, 5) is 1.89. The van der Waals surface area contributed by atoms with Crippen LogP contribution in [0.25, 0.3) is 0 Å². The van der Waals surface area contributed by atoms with Crippen LogP contribution in [-0.4, -0.2) is 33.3 Å². The average molecular weight is 316 g/mol. The molecule has 0 saturated carbocycles. The van der Waals surface area contributed by atoms with E-state index in [1.807, 2.05) is 42.2 Å². The van der Waals surface area contributed by atoms with Crippen molar-refractivity contribution >= 4 is 23.0 Å². The molecule has 0 heterocycles. The van der Waals surface area contributed by atoms with Gasteiger partial charge in [0, 0.05) is 12.2 Å². The molecule has 0 aromatic heterocycles. The molecule has 2 rings (SSSR count). The Labute approximate surface area is 136 Å². The van der Waals surface area contributed by atoms with Gasteiger partial charge in [0.25, 0.3) is 0 Å². The topological polar surface area (TPSA) is 55.7 Å². The smallest absolute Gasteiger partial charge is 0.173 e. The van der Waals surface area contributed by atoms with E-state index in [2.05, 4.69) is 5.32 Å².